The lowest BCUT2D eigenvalue weighted by atomic mass is 10.00. The molecule has 3 rings (SSSR count). The van der Waals surface area contributed by atoms with Crippen LogP contribution in [0.3, 0.4) is 0 Å². The summed E-state index contributed by atoms with van der Waals surface area (Å²) in [6.07, 6.45) is 1.18. The standard InChI is InChI=1S/C16H16ClN.ClH/c17-13-8-4-7-12(9-13)16(18)15-10-14(15)11-5-2-1-3-6-11;/h1-9,14-16H,10,18H2;1H. The van der Waals surface area contributed by atoms with Gasteiger partial charge in [0.25, 0.3) is 0 Å². The molecule has 2 aromatic rings. The highest BCUT2D eigenvalue weighted by Crippen LogP contribution is 2.53. The molecule has 19 heavy (non-hydrogen) atoms. The average Bonchev–Trinajstić information content (AvgIpc) is 3.19. The van der Waals surface area contributed by atoms with Gasteiger partial charge in [-0.25, -0.2) is 0 Å². The van der Waals surface area contributed by atoms with Gasteiger partial charge >= 0.3 is 0 Å². The minimum absolute atomic E-state index is 0. The number of hydrogen-bond donors (Lipinski definition) is 1. The second-order valence-electron chi connectivity index (χ2n) is 5.00. The van der Waals surface area contributed by atoms with Crippen molar-refractivity contribution in [1.82, 2.24) is 0 Å². The van der Waals surface area contributed by atoms with Crippen molar-refractivity contribution in [3.8, 4) is 0 Å². The minimum atomic E-state index is 0. The highest BCUT2D eigenvalue weighted by atomic mass is 35.5. The van der Waals surface area contributed by atoms with Crippen LogP contribution < -0.4 is 5.73 Å². The van der Waals surface area contributed by atoms with Crippen molar-refractivity contribution in [2.24, 2.45) is 11.7 Å². The Morgan fingerprint density at radius 2 is 1.79 bits per heavy atom. The van der Waals surface area contributed by atoms with E-state index < -0.39 is 0 Å². The van der Waals surface area contributed by atoms with Gasteiger partial charge in [-0.15, -0.1) is 12.4 Å². The first kappa shape index (κ1) is 14.4. The van der Waals surface area contributed by atoms with E-state index in [1.807, 2.05) is 18.2 Å². The van der Waals surface area contributed by atoms with Crippen LogP contribution in [0, 0.1) is 5.92 Å². The zero-order valence-electron chi connectivity index (χ0n) is 10.5. The van der Waals surface area contributed by atoms with Crippen LogP contribution in [0.15, 0.2) is 54.6 Å². The quantitative estimate of drug-likeness (QED) is 0.882. The van der Waals surface area contributed by atoms with Crippen LogP contribution in [0.2, 0.25) is 5.02 Å². The third-order valence-corrected chi connectivity index (χ3v) is 4.00. The van der Waals surface area contributed by atoms with Crippen LogP contribution >= 0.6 is 24.0 Å². The van der Waals surface area contributed by atoms with Gasteiger partial charge in [-0.1, -0.05) is 54.1 Å². The molecule has 1 nitrogen and oxygen atoms in total. The summed E-state index contributed by atoms with van der Waals surface area (Å²) < 4.78 is 0. The summed E-state index contributed by atoms with van der Waals surface area (Å²) in [5.41, 5.74) is 8.89. The Labute approximate surface area is 125 Å². The molecule has 3 unspecified atom stereocenters. The van der Waals surface area contributed by atoms with Gasteiger partial charge in [0, 0.05) is 11.1 Å². The molecule has 1 saturated carbocycles. The van der Waals surface area contributed by atoms with E-state index in [1.54, 1.807) is 0 Å². The molecule has 0 aliphatic heterocycles. The summed E-state index contributed by atoms with van der Waals surface area (Å²) >= 11 is 6.01. The molecule has 0 radical (unpaired) electrons. The Hall–Kier alpha value is -1.02. The molecular formula is C16H17Cl2N. The van der Waals surface area contributed by atoms with Crippen LogP contribution in [0.5, 0.6) is 0 Å². The van der Waals surface area contributed by atoms with Gasteiger partial charge in [-0.05, 0) is 41.5 Å². The van der Waals surface area contributed by atoms with Crippen molar-refractivity contribution in [1.29, 1.82) is 0 Å². The van der Waals surface area contributed by atoms with Crippen molar-refractivity contribution in [3.05, 3.63) is 70.7 Å². The van der Waals surface area contributed by atoms with Crippen molar-refractivity contribution in [3.63, 3.8) is 0 Å². The van der Waals surface area contributed by atoms with E-state index in [9.17, 15) is 0 Å². The predicted molar refractivity (Wildman–Crippen MR) is 82.9 cm³/mol. The van der Waals surface area contributed by atoms with Crippen molar-refractivity contribution >= 4 is 24.0 Å². The van der Waals surface area contributed by atoms with Crippen LogP contribution in [0.25, 0.3) is 0 Å². The molecule has 0 bridgehead atoms. The number of benzene rings is 2. The Morgan fingerprint density at radius 3 is 2.47 bits per heavy atom. The molecule has 3 heteroatoms. The van der Waals surface area contributed by atoms with Crippen molar-refractivity contribution in [2.75, 3.05) is 0 Å². The van der Waals surface area contributed by atoms with E-state index >= 15 is 0 Å². The van der Waals surface area contributed by atoms with Gasteiger partial charge in [-0.2, -0.15) is 0 Å². The molecule has 100 valence electrons. The lowest BCUT2D eigenvalue weighted by Gasteiger charge is -2.12. The van der Waals surface area contributed by atoms with Crippen LogP contribution in [-0.4, -0.2) is 0 Å². The highest BCUT2D eigenvalue weighted by Gasteiger charge is 2.42. The molecule has 1 aliphatic rings. The molecule has 2 N–H and O–H groups in total. The van der Waals surface area contributed by atoms with Gasteiger partial charge in [0.05, 0.1) is 0 Å². The Morgan fingerprint density at radius 1 is 1.05 bits per heavy atom. The van der Waals surface area contributed by atoms with E-state index in [0.29, 0.717) is 11.8 Å². The summed E-state index contributed by atoms with van der Waals surface area (Å²) in [6, 6.07) is 18.6. The van der Waals surface area contributed by atoms with E-state index in [4.69, 9.17) is 17.3 Å². The van der Waals surface area contributed by atoms with E-state index in [0.717, 1.165) is 10.6 Å². The first-order valence-electron chi connectivity index (χ1n) is 6.31. The number of hydrogen-bond acceptors (Lipinski definition) is 1. The molecule has 0 spiro atoms. The molecule has 0 amide bonds. The molecule has 1 fully saturated rings. The molecular weight excluding hydrogens is 277 g/mol. The molecule has 3 atom stereocenters. The fourth-order valence-electron chi connectivity index (χ4n) is 2.66. The summed E-state index contributed by atoms with van der Waals surface area (Å²) in [5.74, 6) is 1.16. The maximum absolute atomic E-state index is 6.34. The van der Waals surface area contributed by atoms with Crippen LogP contribution in [-0.2, 0) is 0 Å². The second-order valence-corrected chi connectivity index (χ2v) is 5.43. The Bertz CT molecular complexity index is 541. The average molecular weight is 294 g/mol. The van der Waals surface area contributed by atoms with Crippen molar-refractivity contribution < 1.29 is 0 Å². The smallest absolute Gasteiger partial charge is 0.0409 e. The highest BCUT2D eigenvalue weighted by molar-refractivity contribution is 6.30. The fourth-order valence-corrected chi connectivity index (χ4v) is 2.85. The molecule has 1 aliphatic carbocycles. The van der Waals surface area contributed by atoms with Gasteiger partial charge in [-0.3, -0.25) is 0 Å². The largest absolute Gasteiger partial charge is 0.324 e. The first-order chi connectivity index (χ1) is 8.75. The first-order valence-corrected chi connectivity index (χ1v) is 6.69. The van der Waals surface area contributed by atoms with E-state index in [1.165, 1.54) is 12.0 Å². The SMILES string of the molecule is Cl.NC(c1cccc(Cl)c1)C1CC1c1ccccc1. The Balaban J connectivity index is 0.00000133. The molecule has 0 saturated heterocycles. The van der Waals surface area contributed by atoms with Gasteiger partial charge < -0.3 is 5.73 Å². The predicted octanol–water partition coefficient (Wildman–Crippen LogP) is 4.57. The molecule has 0 aromatic heterocycles. The minimum Gasteiger partial charge on any atom is -0.324 e. The lowest BCUT2D eigenvalue weighted by Crippen LogP contribution is -2.13. The lowest BCUT2D eigenvalue weighted by molar-refractivity contribution is 0.616. The number of rotatable bonds is 3. The zero-order chi connectivity index (χ0) is 12.5. The summed E-state index contributed by atoms with van der Waals surface area (Å²) in [6.45, 7) is 0. The number of nitrogens with two attached hydrogens (primary N) is 1. The summed E-state index contributed by atoms with van der Waals surface area (Å²) in [4.78, 5) is 0. The van der Waals surface area contributed by atoms with E-state index in [-0.39, 0.29) is 18.4 Å². The third-order valence-electron chi connectivity index (χ3n) is 3.76. The van der Waals surface area contributed by atoms with Gasteiger partial charge in [0.2, 0.25) is 0 Å². The summed E-state index contributed by atoms with van der Waals surface area (Å²) in [5, 5.41) is 0.764. The van der Waals surface area contributed by atoms with Crippen molar-refractivity contribution in [2.45, 2.75) is 18.4 Å². The molecule has 0 heterocycles. The maximum atomic E-state index is 6.34. The maximum Gasteiger partial charge on any atom is 0.0409 e. The topological polar surface area (TPSA) is 26.0 Å². The molecule has 2 aromatic carbocycles. The van der Waals surface area contributed by atoms with E-state index in [2.05, 4.69) is 36.4 Å². The van der Waals surface area contributed by atoms with Crippen LogP contribution in [0.4, 0.5) is 0 Å². The summed E-state index contributed by atoms with van der Waals surface area (Å²) in [7, 11) is 0. The normalized spacial score (nSPS) is 22.4. The third kappa shape index (κ3) is 3.11. The monoisotopic (exact) mass is 293 g/mol. The van der Waals surface area contributed by atoms with Gasteiger partial charge in [0.15, 0.2) is 0 Å². The number of halogens is 2. The Kier molecular flexibility index (Phi) is 4.51. The second kappa shape index (κ2) is 5.96. The zero-order valence-corrected chi connectivity index (χ0v) is 12.1. The fraction of sp³-hybridized carbons (Fsp3) is 0.250. The van der Waals surface area contributed by atoms with Crippen LogP contribution in [0.1, 0.15) is 29.5 Å². The van der Waals surface area contributed by atoms with Gasteiger partial charge in [0.1, 0.15) is 0 Å².